The van der Waals surface area contributed by atoms with Gasteiger partial charge in [-0.15, -0.1) is 0 Å². The summed E-state index contributed by atoms with van der Waals surface area (Å²) in [6.07, 6.45) is 6.89. The van der Waals surface area contributed by atoms with Crippen molar-refractivity contribution in [2.45, 2.75) is 51.2 Å². The average Bonchev–Trinajstić information content (AvgIpc) is 3.36. The number of amides is 2. The molecule has 0 N–H and O–H groups in total. The molecule has 0 unspecified atom stereocenters. The van der Waals surface area contributed by atoms with Crippen molar-refractivity contribution in [1.82, 2.24) is 9.80 Å². The standard InChI is InChI=1S/C27H30N2O3/c30-26(28(20-25-17-10-18-32-25)19-22-11-4-1-5-12-22)21-29(24-15-8-3-9-16-24)27(31)23-13-6-2-7-14-23/h1-2,4-7,10-14,17-18,24H,3,8-9,15-16,19-21H2. The summed E-state index contributed by atoms with van der Waals surface area (Å²) in [4.78, 5) is 30.5. The van der Waals surface area contributed by atoms with E-state index in [2.05, 4.69) is 0 Å². The fourth-order valence-corrected chi connectivity index (χ4v) is 4.38. The SMILES string of the molecule is O=C(CN(C(=O)c1ccccc1)C1CCCCC1)N(Cc1ccccc1)Cc1ccco1. The summed E-state index contributed by atoms with van der Waals surface area (Å²) >= 11 is 0. The zero-order valence-corrected chi connectivity index (χ0v) is 18.4. The molecule has 1 aliphatic carbocycles. The van der Waals surface area contributed by atoms with Crippen LogP contribution in [0.1, 0.15) is 53.8 Å². The lowest BCUT2D eigenvalue weighted by Crippen LogP contribution is -2.48. The normalized spacial score (nSPS) is 14.1. The van der Waals surface area contributed by atoms with Crippen LogP contribution in [0.5, 0.6) is 0 Å². The van der Waals surface area contributed by atoms with E-state index in [0.29, 0.717) is 18.7 Å². The zero-order valence-electron chi connectivity index (χ0n) is 18.4. The van der Waals surface area contributed by atoms with Crippen LogP contribution in [0, 0.1) is 0 Å². The molecule has 2 amide bonds. The Morgan fingerprint density at radius 2 is 1.50 bits per heavy atom. The fraction of sp³-hybridized carbons (Fsp3) is 0.333. The molecule has 0 bridgehead atoms. The molecule has 0 atom stereocenters. The Bertz CT molecular complexity index is 980. The number of carbonyl (C=O) groups excluding carboxylic acids is 2. The summed E-state index contributed by atoms with van der Waals surface area (Å²) in [5, 5.41) is 0. The number of furan rings is 1. The highest BCUT2D eigenvalue weighted by Crippen LogP contribution is 2.24. The highest BCUT2D eigenvalue weighted by atomic mass is 16.3. The fourth-order valence-electron chi connectivity index (χ4n) is 4.38. The van der Waals surface area contributed by atoms with Gasteiger partial charge in [0.25, 0.3) is 5.91 Å². The molecule has 2 aromatic carbocycles. The van der Waals surface area contributed by atoms with Crippen molar-refractivity contribution in [2.24, 2.45) is 0 Å². The monoisotopic (exact) mass is 430 g/mol. The van der Waals surface area contributed by atoms with Crippen LogP contribution in [-0.4, -0.2) is 34.2 Å². The topological polar surface area (TPSA) is 53.8 Å². The van der Waals surface area contributed by atoms with Gasteiger partial charge in [-0.1, -0.05) is 67.8 Å². The van der Waals surface area contributed by atoms with E-state index in [0.717, 1.165) is 37.0 Å². The molecule has 1 heterocycles. The summed E-state index contributed by atoms with van der Waals surface area (Å²) < 4.78 is 5.52. The Morgan fingerprint density at radius 3 is 2.16 bits per heavy atom. The van der Waals surface area contributed by atoms with Gasteiger partial charge in [-0.3, -0.25) is 9.59 Å². The van der Waals surface area contributed by atoms with Crippen molar-refractivity contribution in [3.05, 3.63) is 95.9 Å². The molecule has 1 fully saturated rings. The number of rotatable bonds is 8. The second-order valence-electron chi connectivity index (χ2n) is 8.41. The summed E-state index contributed by atoms with van der Waals surface area (Å²) in [6, 6.07) is 23.0. The second kappa shape index (κ2) is 10.8. The molecule has 166 valence electrons. The molecule has 1 saturated carbocycles. The van der Waals surface area contributed by atoms with E-state index >= 15 is 0 Å². The predicted molar refractivity (Wildman–Crippen MR) is 124 cm³/mol. The number of carbonyl (C=O) groups is 2. The van der Waals surface area contributed by atoms with Gasteiger partial charge in [0.2, 0.25) is 5.91 Å². The minimum absolute atomic E-state index is 0.0662. The summed E-state index contributed by atoms with van der Waals surface area (Å²) in [5.74, 6) is 0.594. The van der Waals surface area contributed by atoms with Crippen LogP contribution < -0.4 is 0 Å². The molecular formula is C27H30N2O3. The molecule has 0 aliphatic heterocycles. The van der Waals surface area contributed by atoms with Crippen LogP contribution in [-0.2, 0) is 17.9 Å². The lowest BCUT2D eigenvalue weighted by atomic mass is 9.93. The van der Waals surface area contributed by atoms with Gasteiger partial charge in [0, 0.05) is 18.2 Å². The molecule has 0 saturated heterocycles. The zero-order chi connectivity index (χ0) is 22.2. The number of benzene rings is 2. The van der Waals surface area contributed by atoms with Crippen LogP contribution in [0.2, 0.25) is 0 Å². The number of hydrogen-bond donors (Lipinski definition) is 0. The Kier molecular flexibility index (Phi) is 7.38. The van der Waals surface area contributed by atoms with Crippen LogP contribution in [0.15, 0.2) is 83.5 Å². The molecule has 32 heavy (non-hydrogen) atoms. The van der Waals surface area contributed by atoms with Gasteiger partial charge in [0.05, 0.1) is 12.8 Å². The van der Waals surface area contributed by atoms with E-state index in [1.54, 1.807) is 16.1 Å². The Hall–Kier alpha value is -3.34. The van der Waals surface area contributed by atoms with E-state index in [4.69, 9.17) is 4.42 Å². The third kappa shape index (κ3) is 5.67. The Balaban J connectivity index is 1.56. The van der Waals surface area contributed by atoms with E-state index in [1.807, 2.05) is 72.8 Å². The first kappa shape index (κ1) is 21.9. The maximum absolute atomic E-state index is 13.6. The van der Waals surface area contributed by atoms with Crippen molar-refractivity contribution in [1.29, 1.82) is 0 Å². The molecular weight excluding hydrogens is 400 g/mol. The van der Waals surface area contributed by atoms with Gasteiger partial charge < -0.3 is 14.2 Å². The van der Waals surface area contributed by atoms with Gasteiger partial charge in [0.15, 0.2) is 0 Å². The minimum atomic E-state index is -0.0693. The Labute approximate surface area is 189 Å². The molecule has 0 radical (unpaired) electrons. The van der Waals surface area contributed by atoms with E-state index in [-0.39, 0.29) is 24.4 Å². The van der Waals surface area contributed by atoms with Crippen molar-refractivity contribution < 1.29 is 14.0 Å². The molecule has 1 aliphatic rings. The molecule has 0 spiro atoms. The van der Waals surface area contributed by atoms with Crippen LogP contribution in [0.25, 0.3) is 0 Å². The van der Waals surface area contributed by atoms with Crippen molar-refractivity contribution >= 4 is 11.8 Å². The maximum Gasteiger partial charge on any atom is 0.254 e. The van der Waals surface area contributed by atoms with Gasteiger partial charge in [-0.2, -0.15) is 0 Å². The first-order valence-corrected chi connectivity index (χ1v) is 11.4. The van der Waals surface area contributed by atoms with Gasteiger partial charge in [-0.05, 0) is 42.7 Å². The number of hydrogen-bond acceptors (Lipinski definition) is 3. The van der Waals surface area contributed by atoms with Gasteiger partial charge >= 0.3 is 0 Å². The molecule has 1 aromatic heterocycles. The molecule has 5 heteroatoms. The average molecular weight is 431 g/mol. The van der Waals surface area contributed by atoms with Gasteiger partial charge in [-0.25, -0.2) is 0 Å². The lowest BCUT2D eigenvalue weighted by Gasteiger charge is -2.35. The summed E-state index contributed by atoms with van der Waals surface area (Å²) in [5.41, 5.74) is 1.68. The second-order valence-corrected chi connectivity index (χ2v) is 8.41. The van der Waals surface area contributed by atoms with E-state index < -0.39 is 0 Å². The largest absolute Gasteiger partial charge is 0.467 e. The first-order valence-electron chi connectivity index (χ1n) is 11.4. The van der Waals surface area contributed by atoms with E-state index in [1.165, 1.54) is 6.42 Å². The highest BCUT2D eigenvalue weighted by molar-refractivity contribution is 5.96. The third-order valence-electron chi connectivity index (χ3n) is 6.10. The first-order chi connectivity index (χ1) is 15.7. The third-order valence-corrected chi connectivity index (χ3v) is 6.10. The van der Waals surface area contributed by atoms with Crippen molar-refractivity contribution in [3.8, 4) is 0 Å². The highest BCUT2D eigenvalue weighted by Gasteiger charge is 2.30. The van der Waals surface area contributed by atoms with Crippen LogP contribution >= 0.6 is 0 Å². The molecule has 4 rings (SSSR count). The Morgan fingerprint density at radius 1 is 0.812 bits per heavy atom. The number of nitrogens with zero attached hydrogens (tertiary/aromatic N) is 2. The van der Waals surface area contributed by atoms with Crippen molar-refractivity contribution in [3.63, 3.8) is 0 Å². The lowest BCUT2D eigenvalue weighted by molar-refractivity contribution is -0.134. The molecule has 3 aromatic rings. The quantitative estimate of drug-likeness (QED) is 0.488. The van der Waals surface area contributed by atoms with E-state index in [9.17, 15) is 9.59 Å². The summed E-state index contributed by atoms with van der Waals surface area (Å²) in [6.45, 7) is 0.920. The van der Waals surface area contributed by atoms with Crippen molar-refractivity contribution in [2.75, 3.05) is 6.54 Å². The maximum atomic E-state index is 13.6. The predicted octanol–water partition coefficient (Wildman–Crippen LogP) is 5.28. The minimum Gasteiger partial charge on any atom is -0.467 e. The van der Waals surface area contributed by atoms with Crippen LogP contribution in [0.3, 0.4) is 0 Å². The van der Waals surface area contributed by atoms with Crippen LogP contribution in [0.4, 0.5) is 0 Å². The summed E-state index contributed by atoms with van der Waals surface area (Å²) in [7, 11) is 0. The molecule has 5 nitrogen and oxygen atoms in total. The van der Waals surface area contributed by atoms with Gasteiger partial charge in [0.1, 0.15) is 12.3 Å². The smallest absolute Gasteiger partial charge is 0.254 e.